The molecule has 0 aliphatic heterocycles. The highest BCUT2D eigenvalue weighted by Crippen LogP contribution is 2.17. The summed E-state index contributed by atoms with van der Waals surface area (Å²) in [5, 5.41) is 18.4. The van der Waals surface area contributed by atoms with Gasteiger partial charge in [0.1, 0.15) is 0 Å². The maximum Gasteiger partial charge on any atom is 0.194 e. The number of aliphatic imine (C=N–C) groups is 1. The van der Waals surface area contributed by atoms with E-state index >= 15 is 0 Å². The van der Waals surface area contributed by atoms with E-state index < -0.39 is 6.10 Å². The van der Waals surface area contributed by atoms with Crippen LogP contribution in [0.1, 0.15) is 24.2 Å². The molecule has 0 saturated heterocycles. The number of aliphatic hydroxyl groups excluding tert-OH is 1. The number of halogens is 2. The molecule has 0 aliphatic carbocycles. The minimum Gasteiger partial charge on any atom is -0.386 e. The van der Waals surface area contributed by atoms with Gasteiger partial charge in [-0.25, -0.2) is 0 Å². The quantitative estimate of drug-likeness (QED) is 0.372. The van der Waals surface area contributed by atoms with Gasteiger partial charge in [0.05, 0.1) is 12.6 Å². The Hall–Kier alpha value is -0.830. The molecule has 0 spiro atoms. The summed E-state index contributed by atoms with van der Waals surface area (Å²) >= 11 is 7.55. The summed E-state index contributed by atoms with van der Waals surface area (Å²) in [4.78, 5) is 6.60. The third kappa shape index (κ3) is 6.58. The minimum atomic E-state index is -0.643. The van der Waals surface area contributed by atoms with E-state index in [1.54, 1.807) is 23.5 Å². The largest absolute Gasteiger partial charge is 0.386 e. The Morgan fingerprint density at radius 2 is 2.04 bits per heavy atom. The van der Waals surface area contributed by atoms with Crippen molar-refractivity contribution in [3.05, 3.63) is 57.2 Å². The fourth-order valence-electron chi connectivity index (χ4n) is 2.16. The molecule has 7 heteroatoms. The molecular formula is C17H23ClIN3OS. The zero-order valence-electron chi connectivity index (χ0n) is 13.8. The zero-order valence-corrected chi connectivity index (χ0v) is 17.7. The topological polar surface area (TPSA) is 47.9 Å². The molecule has 2 rings (SSSR count). The molecule has 132 valence electrons. The first-order valence-electron chi connectivity index (χ1n) is 7.54. The Labute approximate surface area is 169 Å². The van der Waals surface area contributed by atoms with Crippen LogP contribution in [0.3, 0.4) is 0 Å². The van der Waals surface area contributed by atoms with Crippen molar-refractivity contribution in [1.29, 1.82) is 0 Å². The summed E-state index contributed by atoms with van der Waals surface area (Å²) in [5.41, 5.74) is 2.07. The van der Waals surface area contributed by atoms with Crippen molar-refractivity contribution in [3.8, 4) is 0 Å². The fraction of sp³-hybridized carbons (Fsp3) is 0.353. The summed E-state index contributed by atoms with van der Waals surface area (Å²) in [6.07, 6.45) is -0.643. The molecule has 4 nitrogen and oxygen atoms in total. The lowest BCUT2D eigenvalue weighted by atomic mass is 10.1. The molecule has 0 radical (unpaired) electrons. The Morgan fingerprint density at radius 3 is 2.62 bits per heavy atom. The van der Waals surface area contributed by atoms with E-state index in [1.807, 2.05) is 26.1 Å². The van der Waals surface area contributed by atoms with Crippen LogP contribution < -0.4 is 5.32 Å². The summed E-state index contributed by atoms with van der Waals surface area (Å²) in [6.45, 7) is 3.90. The van der Waals surface area contributed by atoms with Crippen LogP contribution in [0.25, 0.3) is 0 Å². The first-order chi connectivity index (χ1) is 11.1. The average Bonchev–Trinajstić information content (AvgIpc) is 3.04. The normalized spacial score (nSPS) is 12.4. The number of hydrogen-bond acceptors (Lipinski definition) is 3. The van der Waals surface area contributed by atoms with Crippen molar-refractivity contribution in [2.45, 2.75) is 19.6 Å². The summed E-state index contributed by atoms with van der Waals surface area (Å²) in [5.74, 6) is 0.784. The lowest BCUT2D eigenvalue weighted by Gasteiger charge is -2.22. The number of nitrogens with one attached hydrogen (secondary N) is 1. The summed E-state index contributed by atoms with van der Waals surface area (Å²) < 4.78 is 0. The number of benzene rings is 1. The number of hydrogen-bond donors (Lipinski definition) is 2. The van der Waals surface area contributed by atoms with Crippen LogP contribution in [-0.4, -0.2) is 36.1 Å². The van der Waals surface area contributed by atoms with E-state index in [4.69, 9.17) is 11.6 Å². The van der Waals surface area contributed by atoms with E-state index in [9.17, 15) is 5.11 Å². The molecule has 1 aromatic heterocycles. The second-order valence-corrected chi connectivity index (χ2v) is 6.47. The predicted octanol–water partition coefficient (Wildman–Crippen LogP) is 4.15. The van der Waals surface area contributed by atoms with Gasteiger partial charge in [0.2, 0.25) is 0 Å². The fourth-order valence-corrected chi connectivity index (χ4v) is 2.95. The van der Waals surface area contributed by atoms with Gasteiger partial charge in [-0.2, -0.15) is 11.3 Å². The molecule has 1 atom stereocenters. The molecule has 0 saturated carbocycles. The molecule has 0 amide bonds. The molecule has 1 aromatic carbocycles. The van der Waals surface area contributed by atoms with E-state index in [-0.39, 0.29) is 24.0 Å². The van der Waals surface area contributed by atoms with Crippen molar-refractivity contribution in [2.75, 3.05) is 20.1 Å². The van der Waals surface area contributed by atoms with Gasteiger partial charge in [-0.1, -0.05) is 23.7 Å². The van der Waals surface area contributed by atoms with E-state index in [0.717, 1.165) is 24.6 Å². The number of aliphatic hydroxyl groups is 1. The van der Waals surface area contributed by atoms with Gasteiger partial charge in [-0.05, 0) is 47.0 Å². The standard InChI is InChI=1S/C17H22ClN3OS.HI/c1-3-19-17(21(2)11-13-8-9-23-12-13)20-10-16(22)14-4-6-15(18)7-5-14;/h4-9,12,16,22H,3,10-11H2,1-2H3,(H,19,20);1H. The first kappa shape index (κ1) is 21.2. The van der Waals surface area contributed by atoms with Gasteiger partial charge in [0.25, 0.3) is 0 Å². The monoisotopic (exact) mass is 479 g/mol. The maximum atomic E-state index is 10.3. The minimum absolute atomic E-state index is 0. The number of nitrogens with zero attached hydrogens (tertiary/aromatic N) is 2. The Balaban J connectivity index is 0.00000288. The van der Waals surface area contributed by atoms with E-state index in [1.165, 1.54) is 5.56 Å². The highest BCUT2D eigenvalue weighted by Gasteiger charge is 2.10. The van der Waals surface area contributed by atoms with Crippen molar-refractivity contribution < 1.29 is 5.11 Å². The second kappa shape index (κ2) is 10.9. The molecule has 0 aliphatic rings. The summed E-state index contributed by atoms with van der Waals surface area (Å²) in [6, 6.07) is 9.30. The molecule has 2 aromatic rings. The molecular weight excluding hydrogens is 457 g/mol. The first-order valence-corrected chi connectivity index (χ1v) is 8.86. The Morgan fingerprint density at radius 1 is 1.33 bits per heavy atom. The molecule has 0 fully saturated rings. The smallest absolute Gasteiger partial charge is 0.194 e. The molecule has 1 unspecified atom stereocenters. The van der Waals surface area contributed by atoms with Gasteiger partial charge in [0, 0.05) is 25.2 Å². The third-order valence-corrected chi connectivity index (χ3v) is 4.35. The SMILES string of the molecule is CCNC(=NCC(O)c1ccc(Cl)cc1)N(C)Cc1ccsc1.I. The molecule has 24 heavy (non-hydrogen) atoms. The summed E-state index contributed by atoms with van der Waals surface area (Å²) in [7, 11) is 1.99. The maximum absolute atomic E-state index is 10.3. The third-order valence-electron chi connectivity index (χ3n) is 3.37. The lowest BCUT2D eigenvalue weighted by molar-refractivity contribution is 0.186. The molecule has 2 N–H and O–H groups in total. The van der Waals surface area contributed by atoms with Crippen LogP contribution in [-0.2, 0) is 6.54 Å². The molecule has 1 heterocycles. The van der Waals surface area contributed by atoms with Crippen LogP contribution in [0.5, 0.6) is 0 Å². The van der Waals surface area contributed by atoms with Crippen LogP contribution in [0, 0.1) is 0 Å². The highest BCUT2D eigenvalue weighted by molar-refractivity contribution is 14.0. The number of guanidine groups is 1. The van der Waals surface area contributed by atoms with Crippen LogP contribution in [0.4, 0.5) is 0 Å². The van der Waals surface area contributed by atoms with E-state index in [2.05, 4.69) is 32.0 Å². The second-order valence-electron chi connectivity index (χ2n) is 5.25. The van der Waals surface area contributed by atoms with Crippen molar-refractivity contribution in [2.24, 2.45) is 4.99 Å². The van der Waals surface area contributed by atoms with Gasteiger partial charge in [0.15, 0.2) is 5.96 Å². The Kier molecular flexibility index (Phi) is 9.65. The van der Waals surface area contributed by atoms with Crippen LogP contribution in [0.2, 0.25) is 5.02 Å². The average molecular weight is 480 g/mol. The number of rotatable bonds is 6. The van der Waals surface area contributed by atoms with Crippen LogP contribution in [0.15, 0.2) is 46.1 Å². The Bertz CT molecular complexity index is 619. The van der Waals surface area contributed by atoms with Gasteiger partial charge in [-0.15, -0.1) is 24.0 Å². The highest BCUT2D eigenvalue weighted by atomic mass is 127. The van der Waals surface area contributed by atoms with Crippen molar-refractivity contribution in [1.82, 2.24) is 10.2 Å². The van der Waals surface area contributed by atoms with Gasteiger partial charge < -0.3 is 15.3 Å². The lowest BCUT2D eigenvalue weighted by Crippen LogP contribution is -2.38. The zero-order chi connectivity index (χ0) is 16.7. The van der Waals surface area contributed by atoms with Gasteiger partial charge in [-0.3, -0.25) is 4.99 Å². The molecule has 0 bridgehead atoms. The van der Waals surface area contributed by atoms with Crippen LogP contribution >= 0.6 is 46.9 Å². The van der Waals surface area contributed by atoms with E-state index in [0.29, 0.717) is 11.6 Å². The number of thiophene rings is 1. The van der Waals surface area contributed by atoms with Crippen molar-refractivity contribution >= 4 is 52.9 Å². The predicted molar refractivity (Wildman–Crippen MR) is 114 cm³/mol. The van der Waals surface area contributed by atoms with Crippen molar-refractivity contribution in [3.63, 3.8) is 0 Å². The van der Waals surface area contributed by atoms with Gasteiger partial charge >= 0.3 is 0 Å².